The van der Waals surface area contributed by atoms with Crippen LogP contribution >= 0.6 is 0 Å². The van der Waals surface area contributed by atoms with Crippen molar-refractivity contribution in [2.24, 2.45) is 4.99 Å². The van der Waals surface area contributed by atoms with E-state index >= 15 is 0 Å². The molecular weight excluding hydrogens is 174 g/mol. The van der Waals surface area contributed by atoms with Crippen LogP contribution in [0.3, 0.4) is 0 Å². The highest BCUT2D eigenvalue weighted by Gasteiger charge is 2.09. The Labute approximate surface area is 81.6 Å². The molecule has 68 valence electrons. The highest BCUT2D eigenvalue weighted by Crippen LogP contribution is 2.33. The quantitative estimate of drug-likeness (QED) is 0.613. The smallest absolute Gasteiger partial charge is 0.136 e. The zero-order valence-corrected chi connectivity index (χ0v) is 7.82. The fourth-order valence-electron chi connectivity index (χ4n) is 1.75. The molecule has 3 rings (SSSR count). The second kappa shape index (κ2) is 2.58. The highest BCUT2D eigenvalue weighted by atomic mass is 16.3. The van der Waals surface area contributed by atoms with Crippen LogP contribution in [0, 0.1) is 0 Å². The van der Waals surface area contributed by atoms with Crippen molar-refractivity contribution in [1.82, 2.24) is 0 Å². The molecule has 0 aliphatic carbocycles. The van der Waals surface area contributed by atoms with Gasteiger partial charge >= 0.3 is 0 Å². The lowest BCUT2D eigenvalue weighted by Crippen LogP contribution is -1.79. The molecule has 0 spiro atoms. The van der Waals surface area contributed by atoms with Crippen LogP contribution in [-0.2, 0) is 0 Å². The number of benzene rings is 1. The molecule has 0 atom stereocenters. The predicted octanol–water partition coefficient (Wildman–Crippen LogP) is 3.55. The molecule has 2 aromatic rings. The number of aliphatic imine (C=N–C) groups is 1. The third kappa shape index (κ3) is 0.940. The van der Waals surface area contributed by atoms with Gasteiger partial charge in [0, 0.05) is 11.3 Å². The average Bonchev–Trinajstić information content (AvgIpc) is 2.51. The normalized spacial score (nSPS) is 14.2. The summed E-state index contributed by atoms with van der Waals surface area (Å²) in [5.74, 6) is 0. The Morgan fingerprint density at radius 1 is 1.21 bits per heavy atom. The molecule has 2 heterocycles. The number of hydrogen-bond acceptors (Lipinski definition) is 2. The highest BCUT2D eigenvalue weighted by molar-refractivity contribution is 6.07. The maximum Gasteiger partial charge on any atom is 0.136 e. The van der Waals surface area contributed by atoms with Crippen LogP contribution in [0.1, 0.15) is 12.5 Å². The topological polar surface area (TPSA) is 25.5 Å². The molecule has 0 radical (unpaired) electrons. The van der Waals surface area contributed by atoms with Crippen molar-refractivity contribution in [2.45, 2.75) is 6.92 Å². The van der Waals surface area contributed by atoms with Gasteiger partial charge < -0.3 is 4.42 Å². The van der Waals surface area contributed by atoms with Gasteiger partial charge in [-0.2, -0.15) is 0 Å². The Morgan fingerprint density at radius 3 is 3.07 bits per heavy atom. The van der Waals surface area contributed by atoms with Gasteiger partial charge in [0.1, 0.15) is 5.58 Å². The average molecular weight is 183 g/mol. The van der Waals surface area contributed by atoms with Gasteiger partial charge in [-0.15, -0.1) is 0 Å². The van der Waals surface area contributed by atoms with E-state index in [1.807, 2.05) is 37.3 Å². The zero-order chi connectivity index (χ0) is 9.54. The third-order valence-electron chi connectivity index (χ3n) is 2.41. The van der Waals surface area contributed by atoms with Gasteiger partial charge in [-0.05, 0) is 31.2 Å². The lowest BCUT2D eigenvalue weighted by Gasteiger charge is -1.95. The van der Waals surface area contributed by atoms with Gasteiger partial charge in [-0.3, -0.25) is 4.99 Å². The summed E-state index contributed by atoms with van der Waals surface area (Å²) >= 11 is 0. The fourth-order valence-corrected chi connectivity index (χ4v) is 1.75. The largest absolute Gasteiger partial charge is 0.464 e. The first-order valence-corrected chi connectivity index (χ1v) is 4.58. The molecule has 1 aromatic heterocycles. The predicted molar refractivity (Wildman–Crippen MR) is 58.0 cm³/mol. The summed E-state index contributed by atoms with van der Waals surface area (Å²) in [6.45, 7) is 2.00. The summed E-state index contributed by atoms with van der Waals surface area (Å²) in [6.07, 6.45) is 5.82. The molecule has 2 heteroatoms. The van der Waals surface area contributed by atoms with Gasteiger partial charge in [0.15, 0.2) is 0 Å². The summed E-state index contributed by atoms with van der Waals surface area (Å²) in [6, 6.07) is 5.94. The fraction of sp³-hybridized carbons (Fsp3) is 0.0833. The van der Waals surface area contributed by atoms with Crippen LogP contribution in [-0.4, -0.2) is 5.71 Å². The van der Waals surface area contributed by atoms with Gasteiger partial charge in [0.2, 0.25) is 0 Å². The Bertz CT molecular complexity index is 561. The van der Waals surface area contributed by atoms with Crippen molar-refractivity contribution in [1.29, 1.82) is 0 Å². The first-order valence-electron chi connectivity index (χ1n) is 4.58. The second-order valence-electron chi connectivity index (χ2n) is 3.43. The van der Waals surface area contributed by atoms with E-state index in [1.165, 1.54) is 0 Å². The molecule has 0 saturated carbocycles. The Morgan fingerprint density at radius 2 is 2.14 bits per heavy atom. The Balaban J connectivity index is 2.50. The Hall–Kier alpha value is -1.83. The van der Waals surface area contributed by atoms with Gasteiger partial charge in [-0.25, -0.2) is 0 Å². The maximum atomic E-state index is 5.43. The number of nitrogens with zero attached hydrogens (tertiary/aromatic N) is 1. The summed E-state index contributed by atoms with van der Waals surface area (Å²) < 4.78 is 5.43. The molecule has 0 fully saturated rings. The lowest BCUT2D eigenvalue weighted by atomic mass is 10.1. The molecule has 0 amide bonds. The SMILES string of the molecule is CC1=Nc2cccc3occ(c23)C=C1. The van der Waals surface area contributed by atoms with Gasteiger partial charge in [0.25, 0.3) is 0 Å². The number of allylic oxidation sites excluding steroid dienone is 1. The van der Waals surface area contributed by atoms with E-state index < -0.39 is 0 Å². The molecule has 2 nitrogen and oxygen atoms in total. The van der Waals surface area contributed by atoms with Crippen LogP contribution in [0.15, 0.2) is 39.9 Å². The van der Waals surface area contributed by atoms with Crippen molar-refractivity contribution >= 4 is 28.4 Å². The van der Waals surface area contributed by atoms with Crippen molar-refractivity contribution in [3.8, 4) is 0 Å². The third-order valence-corrected chi connectivity index (χ3v) is 2.41. The van der Waals surface area contributed by atoms with Crippen molar-refractivity contribution in [2.75, 3.05) is 0 Å². The number of rotatable bonds is 0. The van der Waals surface area contributed by atoms with Crippen molar-refractivity contribution in [3.63, 3.8) is 0 Å². The molecule has 0 unspecified atom stereocenters. The van der Waals surface area contributed by atoms with Crippen molar-refractivity contribution in [3.05, 3.63) is 36.1 Å². The van der Waals surface area contributed by atoms with Gasteiger partial charge in [-0.1, -0.05) is 6.07 Å². The monoisotopic (exact) mass is 183 g/mol. The number of hydrogen-bond donors (Lipinski definition) is 0. The minimum absolute atomic E-state index is 0.903. The summed E-state index contributed by atoms with van der Waals surface area (Å²) in [5, 5.41) is 1.11. The molecule has 0 saturated heterocycles. The summed E-state index contributed by atoms with van der Waals surface area (Å²) in [7, 11) is 0. The van der Waals surface area contributed by atoms with E-state index in [9.17, 15) is 0 Å². The zero-order valence-electron chi connectivity index (χ0n) is 7.82. The maximum absolute atomic E-state index is 5.43. The molecule has 1 aliphatic heterocycles. The number of furan rings is 1. The molecule has 0 bridgehead atoms. The van der Waals surface area contributed by atoms with Crippen LogP contribution in [0.5, 0.6) is 0 Å². The van der Waals surface area contributed by atoms with Crippen LogP contribution in [0.2, 0.25) is 0 Å². The van der Waals surface area contributed by atoms with Crippen LogP contribution < -0.4 is 0 Å². The van der Waals surface area contributed by atoms with Gasteiger partial charge in [0.05, 0.1) is 17.3 Å². The van der Waals surface area contributed by atoms with E-state index in [0.717, 1.165) is 27.9 Å². The van der Waals surface area contributed by atoms with Crippen LogP contribution in [0.25, 0.3) is 17.0 Å². The van der Waals surface area contributed by atoms with E-state index in [2.05, 4.69) is 4.99 Å². The van der Waals surface area contributed by atoms with E-state index in [1.54, 1.807) is 6.26 Å². The lowest BCUT2D eigenvalue weighted by molar-refractivity contribution is 0.615. The minimum atomic E-state index is 0.903. The molecule has 14 heavy (non-hydrogen) atoms. The second-order valence-corrected chi connectivity index (χ2v) is 3.43. The van der Waals surface area contributed by atoms with Crippen LogP contribution in [0.4, 0.5) is 5.69 Å². The molecule has 1 aromatic carbocycles. The van der Waals surface area contributed by atoms with E-state index in [-0.39, 0.29) is 0 Å². The standard InChI is InChI=1S/C12H9NO/c1-8-5-6-9-7-14-11-4-2-3-10(13-8)12(9)11/h2-7H,1H3. The first kappa shape index (κ1) is 7.56. The molecular formula is C12H9NO. The summed E-state index contributed by atoms with van der Waals surface area (Å²) in [4.78, 5) is 4.50. The first-order chi connectivity index (χ1) is 6.84. The molecule has 0 N–H and O–H groups in total. The minimum Gasteiger partial charge on any atom is -0.464 e. The van der Waals surface area contributed by atoms with E-state index in [4.69, 9.17) is 4.42 Å². The van der Waals surface area contributed by atoms with E-state index in [0.29, 0.717) is 0 Å². The Kier molecular flexibility index (Phi) is 1.39. The summed E-state index contributed by atoms with van der Waals surface area (Å²) in [5.41, 5.74) is 4.03. The van der Waals surface area contributed by atoms with Crippen molar-refractivity contribution < 1.29 is 4.42 Å². The molecule has 1 aliphatic rings.